The van der Waals surface area contributed by atoms with E-state index in [1.54, 1.807) is 9.80 Å². The summed E-state index contributed by atoms with van der Waals surface area (Å²) in [6.07, 6.45) is 3.79. The molecule has 1 aromatic carbocycles. The van der Waals surface area contributed by atoms with E-state index in [4.69, 9.17) is 4.74 Å². The number of hydrogen-bond acceptors (Lipinski definition) is 8. The minimum absolute atomic E-state index is 0.00197. The summed E-state index contributed by atoms with van der Waals surface area (Å²) in [6, 6.07) is 10.6. The average Bonchev–Trinajstić information content (AvgIpc) is 3.52. The zero-order valence-corrected chi connectivity index (χ0v) is 21.2. The van der Waals surface area contributed by atoms with Crippen LogP contribution in [0, 0.1) is 5.92 Å². The molecule has 4 aliphatic heterocycles. The Balaban J connectivity index is 1.16. The molecule has 0 radical (unpaired) electrons. The molecule has 4 heterocycles. The van der Waals surface area contributed by atoms with E-state index in [2.05, 4.69) is 21.3 Å². The second kappa shape index (κ2) is 10.2. The van der Waals surface area contributed by atoms with Crippen molar-refractivity contribution in [1.82, 2.24) is 31.1 Å². The zero-order chi connectivity index (χ0) is 25.4. The lowest BCUT2D eigenvalue weighted by atomic mass is 9.81. The highest BCUT2D eigenvalue weighted by atomic mass is 16.5. The highest BCUT2D eigenvalue weighted by Gasteiger charge is 2.55. The molecule has 3 N–H and O–H groups in total. The van der Waals surface area contributed by atoms with Gasteiger partial charge in [-0.25, -0.2) is 10.9 Å². The van der Waals surface area contributed by atoms with E-state index in [1.807, 2.05) is 35.2 Å². The number of benzene rings is 1. The maximum Gasteiger partial charge on any atom is 0.250 e. The monoisotopic (exact) mass is 511 g/mol. The van der Waals surface area contributed by atoms with Crippen molar-refractivity contribution in [2.45, 2.75) is 49.7 Å². The summed E-state index contributed by atoms with van der Waals surface area (Å²) in [7, 11) is 0. The summed E-state index contributed by atoms with van der Waals surface area (Å²) in [5.41, 5.74) is 9.69. The van der Waals surface area contributed by atoms with E-state index in [0.717, 1.165) is 24.9 Å². The molecule has 5 fully saturated rings. The Morgan fingerprint density at radius 3 is 2.43 bits per heavy atom. The molecule has 37 heavy (non-hydrogen) atoms. The second-order valence-electron chi connectivity index (χ2n) is 10.9. The first-order chi connectivity index (χ1) is 18.0. The third-order valence-corrected chi connectivity index (χ3v) is 8.89. The summed E-state index contributed by atoms with van der Waals surface area (Å²) in [6.45, 7) is 3.76. The third kappa shape index (κ3) is 4.58. The number of morpholine rings is 1. The van der Waals surface area contributed by atoms with Gasteiger partial charge in [-0.2, -0.15) is 5.53 Å². The summed E-state index contributed by atoms with van der Waals surface area (Å²) in [4.78, 5) is 48.0. The Hall–Kier alpha value is -2.73. The molecule has 6 rings (SSSR count). The standard InChI is InChI=1S/C26H37N7O4/c34-23(30-12-14-37-15-13-30)17-32-18-33(20-4-2-1-3-5-20)26(25(32)36)8-10-31(11-9-26)24(35)19-6-7-21-22(16-19)28-29-27-21/h1-5,19,21-22,27-29H,6-18H2. The number of amides is 3. The first-order valence-electron chi connectivity index (χ1n) is 13.6. The number of anilines is 1. The van der Waals surface area contributed by atoms with E-state index >= 15 is 0 Å². The van der Waals surface area contributed by atoms with Crippen molar-refractivity contribution >= 4 is 23.4 Å². The number of nitrogens with zero attached hydrogens (tertiary/aromatic N) is 4. The normalized spacial score (nSPS) is 29.6. The topological polar surface area (TPSA) is 109 Å². The van der Waals surface area contributed by atoms with Crippen LogP contribution < -0.4 is 21.3 Å². The van der Waals surface area contributed by atoms with Crippen LogP contribution in [0.25, 0.3) is 0 Å². The third-order valence-electron chi connectivity index (χ3n) is 8.89. The van der Waals surface area contributed by atoms with Crippen LogP contribution in [0.3, 0.4) is 0 Å². The summed E-state index contributed by atoms with van der Waals surface area (Å²) >= 11 is 0. The van der Waals surface area contributed by atoms with E-state index in [-0.39, 0.29) is 36.2 Å². The van der Waals surface area contributed by atoms with Crippen molar-refractivity contribution in [3.8, 4) is 0 Å². The second-order valence-corrected chi connectivity index (χ2v) is 10.9. The van der Waals surface area contributed by atoms with Crippen LogP contribution in [0.5, 0.6) is 0 Å². The molecule has 1 spiro atoms. The minimum Gasteiger partial charge on any atom is -0.378 e. The highest BCUT2D eigenvalue weighted by molar-refractivity contribution is 5.96. The Kier molecular flexibility index (Phi) is 6.78. The SMILES string of the molecule is O=C(CN1CN(c2ccccc2)C2(CCN(C(=O)C3CCC4NNNC4C3)CC2)C1=O)N1CCOCC1. The molecule has 200 valence electrons. The fraction of sp³-hybridized carbons (Fsp3) is 0.654. The van der Waals surface area contributed by atoms with Gasteiger partial charge in [-0.05, 0) is 44.2 Å². The summed E-state index contributed by atoms with van der Waals surface area (Å²) < 4.78 is 5.37. The van der Waals surface area contributed by atoms with E-state index in [1.165, 1.54) is 0 Å². The number of piperidine rings is 1. The molecule has 3 amide bonds. The van der Waals surface area contributed by atoms with Gasteiger partial charge in [-0.1, -0.05) is 18.2 Å². The number of carbonyl (C=O) groups is 3. The Bertz CT molecular complexity index is 1010. The molecule has 11 nitrogen and oxygen atoms in total. The van der Waals surface area contributed by atoms with Gasteiger partial charge in [0.2, 0.25) is 11.8 Å². The molecule has 1 saturated carbocycles. The highest BCUT2D eigenvalue weighted by Crippen LogP contribution is 2.40. The van der Waals surface area contributed by atoms with Crippen molar-refractivity contribution in [1.29, 1.82) is 0 Å². The first kappa shape index (κ1) is 24.6. The molecule has 4 saturated heterocycles. The Morgan fingerprint density at radius 2 is 1.68 bits per heavy atom. The molecule has 3 atom stereocenters. The summed E-state index contributed by atoms with van der Waals surface area (Å²) in [5, 5.41) is 0. The zero-order valence-electron chi connectivity index (χ0n) is 21.2. The van der Waals surface area contributed by atoms with Gasteiger partial charge >= 0.3 is 0 Å². The average molecular weight is 512 g/mol. The molecule has 0 bridgehead atoms. The lowest BCUT2D eigenvalue weighted by Gasteiger charge is -2.44. The van der Waals surface area contributed by atoms with E-state index in [9.17, 15) is 14.4 Å². The van der Waals surface area contributed by atoms with Crippen molar-refractivity contribution in [2.75, 3.05) is 57.5 Å². The van der Waals surface area contributed by atoms with Crippen LogP contribution in [0.15, 0.2) is 30.3 Å². The number of nitrogens with one attached hydrogen (secondary N) is 3. The van der Waals surface area contributed by atoms with Gasteiger partial charge in [-0.3, -0.25) is 14.4 Å². The molecular formula is C26H37N7O4. The lowest BCUT2D eigenvalue weighted by molar-refractivity contribution is -0.144. The Labute approximate surface area is 217 Å². The van der Waals surface area contributed by atoms with Crippen molar-refractivity contribution in [3.05, 3.63) is 30.3 Å². The molecule has 11 heteroatoms. The van der Waals surface area contributed by atoms with Crippen LogP contribution in [-0.2, 0) is 19.1 Å². The van der Waals surface area contributed by atoms with Crippen molar-refractivity contribution < 1.29 is 19.1 Å². The van der Waals surface area contributed by atoms with E-state index < -0.39 is 5.54 Å². The van der Waals surface area contributed by atoms with Crippen LogP contribution >= 0.6 is 0 Å². The number of likely N-dealkylation sites (tertiary alicyclic amines) is 1. The maximum atomic E-state index is 14.0. The minimum atomic E-state index is -0.734. The molecule has 5 aliphatic rings. The van der Waals surface area contributed by atoms with Crippen LogP contribution in [-0.4, -0.2) is 103 Å². The smallest absolute Gasteiger partial charge is 0.250 e. The number of carbonyl (C=O) groups excluding carboxylic acids is 3. The van der Waals surface area contributed by atoms with Gasteiger partial charge in [0.1, 0.15) is 12.1 Å². The molecule has 0 aromatic heterocycles. The van der Waals surface area contributed by atoms with E-state index in [0.29, 0.717) is 64.9 Å². The number of fused-ring (bicyclic) bond motifs is 1. The van der Waals surface area contributed by atoms with Gasteiger partial charge < -0.3 is 24.3 Å². The fourth-order valence-electron chi connectivity index (χ4n) is 6.71. The molecule has 1 aromatic rings. The molecular weight excluding hydrogens is 474 g/mol. The van der Waals surface area contributed by atoms with Crippen molar-refractivity contribution in [3.63, 3.8) is 0 Å². The first-order valence-corrected chi connectivity index (χ1v) is 13.6. The van der Waals surface area contributed by atoms with Gasteiger partial charge in [0.25, 0.3) is 5.91 Å². The van der Waals surface area contributed by atoms with Crippen LogP contribution in [0.2, 0.25) is 0 Å². The Morgan fingerprint density at radius 1 is 0.946 bits per heavy atom. The number of hydrogen-bond donors (Lipinski definition) is 3. The number of para-hydroxylation sites is 1. The lowest BCUT2D eigenvalue weighted by Crippen LogP contribution is -2.58. The van der Waals surface area contributed by atoms with Crippen LogP contribution in [0.4, 0.5) is 5.69 Å². The molecule has 3 unspecified atom stereocenters. The van der Waals surface area contributed by atoms with Gasteiger partial charge in [0, 0.05) is 49.9 Å². The van der Waals surface area contributed by atoms with Crippen LogP contribution in [0.1, 0.15) is 32.1 Å². The predicted octanol–water partition coefficient (Wildman–Crippen LogP) is -0.338. The maximum absolute atomic E-state index is 14.0. The summed E-state index contributed by atoms with van der Waals surface area (Å²) in [5.74, 6) is 0.182. The molecule has 1 aliphatic carbocycles. The van der Waals surface area contributed by atoms with Crippen molar-refractivity contribution in [2.24, 2.45) is 5.92 Å². The quantitative estimate of drug-likeness (QED) is 0.504. The largest absolute Gasteiger partial charge is 0.378 e. The number of ether oxygens (including phenoxy) is 1. The van der Waals surface area contributed by atoms with Gasteiger partial charge in [0.15, 0.2) is 0 Å². The van der Waals surface area contributed by atoms with Gasteiger partial charge in [0.05, 0.1) is 19.9 Å². The van der Waals surface area contributed by atoms with Gasteiger partial charge in [-0.15, -0.1) is 0 Å². The predicted molar refractivity (Wildman–Crippen MR) is 136 cm³/mol. The number of hydrazine groups is 2. The number of rotatable bonds is 4. The fourth-order valence-corrected chi connectivity index (χ4v) is 6.71.